The molecule has 0 aliphatic heterocycles. The third kappa shape index (κ3) is 5.14. The van der Waals surface area contributed by atoms with Crippen LogP contribution >= 0.6 is 0 Å². The van der Waals surface area contributed by atoms with Gasteiger partial charge in [-0.3, -0.25) is 4.98 Å². The summed E-state index contributed by atoms with van der Waals surface area (Å²) < 4.78 is 0. The van der Waals surface area contributed by atoms with Crippen LogP contribution in [0.25, 0.3) is 5.57 Å². The van der Waals surface area contributed by atoms with Gasteiger partial charge in [-0.25, -0.2) is 0 Å². The molecule has 0 aliphatic rings. The van der Waals surface area contributed by atoms with Crippen LogP contribution in [0.15, 0.2) is 24.5 Å². The van der Waals surface area contributed by atoms with Crippen LogP contribution in [0, 0.1) is 6.92 Å². The average Bonchev–Trinajstić information content (AvgIpc) is 2.23. The number of nitrogens with zero attached hydrogens (tertiary/aromatic N) is 1. The molecular weight excluding hydrogens is 208 g/mol. The Morgan fingerprint density at radius 1 is 1.41 bits per heavy atom. The quantitative estimate of drug-likeness (QED) is 0.803. The molecule has 0 bridgehead atoms. The molecule has 1 aromatic rings. The van der Waals surface area contributed by atoms with Crippen molar-refractivity contribution in [3.8, 4) is 0 Å². The van der Waals surface area contributed by atoms with Gasteiger partial charge in [-0.05, 0) is 70.4 Å². The molecule has 2 heteroatoms. The predicted molar refractivity (Wildman–Crippen MR) is 75.0 cm³/mol. The van der Waals surface area contributed by atoms with Crippen molar-refractivity contribution in [1.82, 2.24) is 10.3 Å². The SMILES string of the molecule is CC(=CCCNC(C)(C)C)c1cnccc1C. The maximum Gasteiger partial charge on any atom is 0.0345 e. The Labute approximate surface area is 105 Å². The van der Waals surface area contributed by atoms with Crippen molar-refractivity contribution in [3.05, 3.63) is 35.7 Å². The van der Waals surface area contributed by atoms with Crippen molar-refractivity contribution >= 4 is 5.57 Å². The molecule has 0 saturated carbocycles. The highest BCUT2D eigenvalue weighted by Gasteiger charge is 2.06. The van der Waals surface area contributed by atoms with Gasteiger partial charge in [0.05, 0.1) is 0 Å². The van der Waals surface area contributed by atoms with E-state index < -0.39 is 0 Å². The highest BCUT2D eigenvalue weighted by Crippen LogP contribution is 2.17. The van der Waals surface area contributed by atoms with E-state index >= 15 is 0 Å². The van der Waals surface area contributed by atoms with Crippen molar-refractivity contribution in [3.63, 3.8) is 0 Å². The van der Waals surface area contributed by atoms with Crippen LogP contribution in [-0.2, 0) is 0 Å². The molecule has 1 rings (SSSR count). The fourth-order valence-corrected chi connectivity index (χ4v) is 1.72. The monoisotopic (exact) mass is 232 g/mol. The van der Waals surface area contributed by atoms with Gasteiger partial charge in [-0.1, -0.05) is 6.08 Å². The first kappa shape index (κ1) is 13.9. The average molecular weight is 232 g/mol. The minimum Gasteiger partial charge on any atom is -0.312 e. The van der Waals surface area contributed by atoms with Gasteiger partial charge in [0.1, 0.15) is 0 Å². The summed E-state index contributed by atoms with van der Waals surface area (Å²) in [6.45, 7) is 11.9. The maximum absolute atomic E-state index is 4.18. The number of allylic oxidation sites excluding steroid dienone is 1. The fraction of sp³-hybridized carbons (Fsp3) is 0.533. The third-order valence-electron chi connectivity index (χ3n) is 2.71. The largest absolute Gasteiger partial charge is 0.312 e. The Morgan fingerprint density at radius 3 is 2.71 bits per heavy atom. The maximum atomic E-state index is 4.18. The summed E-state index contributed by atoms with van der Waals surface area (Å²) in [6, 6.07) is 2.06. The number of hydrogen-bond donors (Lipinski definition) is 1. The van der Waals surface area contributed by atoms with Gasteiger partial charge in [0.25, 0.3) is 0 Å². The normalized spacial score (nSPS) is 12.9. The van der Waals surface area contributed by atoms with E-state index in [1.165, 1.54) is 16.7 Å². The zero-order chi connectivity index (χ0) is 12.9. The predicted octanol–water partition coefficient (Wildman–Crippen LogP) is 3.57. The van der Waals surface area contributed by atoms with Gasteiger partial charge < -0.3 is 5.32 Å². The van der Waals surface area contributed by atoms with E-state index in [2.05, 4.69) is 57.1 Å². The molecule has 0 radical (unpaired) electrons. The molecule has 1 heterocycles. The molecule has 0 amide bonds. The van der Waals surface area contributed by atoms with E-state index in [4.69, 9.17) is 0 Å². The second-order valence-electron chi connectivity index (χ2n) is 5.54. The fourth-order valence-electron chi connectivity index (χ4n) is 1.72. The van der Waals surface area contributed by atoms with Gasteiger partial charge in [0.15, 0.2) is 0 Å². The van der Waals surface area contributed by atoms with Crippen molar-refractivity contribution in [1.29, 1.82) is 0 Å². The minimum atomic E-state index is 0.200. The lowest BCUT2D eigenvalue weighted by molar-refractivity contribution is 0.431. The summed E-state index contributed by atoms with van der Waals surface area (Å²) in [7, 11) is 0. The van der Waals surface area contributed by atoms with E-state index in [0.717, 1.165) is 13.0 Å². The van der Waals surface area contributed by atoms with E-state index in [1.807, 2.05) is 12.4 Å². The molecule has 17 heavy (non-hydrogen) atoms. The van der Waals surface area contributed by atoms with E-state index in [1.54, 1.807) is 0 Å². The van der Waals surface area contributed by atoms with Crippen LogP contribution in [0.2, 0.25) is 0 Å². The first-order chi connectivity index (χ1) is 7.90. The number of rotatable bonds is 4. The summed E-state index contributed by atoms with van der Waals surface area (Å²) in [5.41, 5.74) is 4.05. The standard InChI is InChI=1S/C15H24N2/c1-12(7-6-9-17-15(3,4)5)14-11-16-10-8-13(14)2/h7-8,10-11,17H,6,9H2,1-5H3. The molecular formula is C15H24N2. The molecule has 0 atom stereocenters. The van der Waals surface area contributed by atoms with Gasteiger partial charge in [-0.2, -0.15) is 0 Å². The summed E-state index contributed by atoms with van der Waals surface area (Å²) in [5, 5.41) is 3.48. The topological polar surface area (TPSA) is 24.9 Å². The van der Waals surface area contributed by atoms with Crippen LogP contribution in [0.1, 0.15) is 45.2 Å². The van der Waals surface area contributed by atoms with Crippen LogP contribution in [0.4, 0.5) is 0 Å². The van der Waals surface area contributed by atoms with Gasteiger partial charge in [0.2, 0.25) is 0 Å². The van der Waals surface area contributed by atoms with Crippen molar-refractivity contribution in [2.75, 3.05) is 6.54 Å². The van der Waals surface area contributed by atoms with Crippen LogP contribution in [-0.4, -0.2) is 17.1 Å². The third-order valence-corrected chi connectivity index (χ3v) is 2.71. The molecule has 2 nitrogen and oxygen atoms in total. The van der Waals surface area contributed by atoms with Gasteiger partial charge in [-0.15, -0.1) is 0 Å². The Bertz CT molecular complexity index is 386. The zero-order valence-corrected chi connectivity index (χ0v) is 11.7. The number of aryl methyl sites for hydroxylation is 1. The molecule has 0 spiro atoms. The van der Waals surface area contributed by atoms with Crippen molar-refractivity contribution < 1.29 is 0 Å². The Balaban J connectivity index is 2.53. The molecule has 94 valence electrons. The Morgan fingerprint density at radius 2 is 2.12 bits per heavy atom. The lowest BCUT2D eigenvalue weighted by Gasteiger charge is -2.19. The van der Waals surface area contributed by atoms with Crippen molar-refractivity contribution in [2.45, 2.75) is 46.6 Å². The van der Waals surface area contributed by atoms with E-state index in [9.17, 15) is 0 Å². The lowest BCUT2D eigenvalue weighted by atomic mass is 10.0. The Kier molecular flexibility index (Phi) is 4.88. The molecule has 0 fully saturated rings. The molecule has 0 saturated heterocycles. The number of pyridine rings is 1. The highest BCUT2D eigenvalue weighted by atomic mass is 14.9. The van der Waals surface area contributed by atoms with E-state index in [-0.39, 0.29) is 5.54 Å². The first-order valence-electron chi connectivity index (χ1n) is 6.23. The molecule has 0 unspecified atom stereocenters. The summed E-state index contributed by atoms with van der Waals surface area (Å²) in [5.74, 6) is 0. The summed E-state index contributed by atoms with van der Waals surface area (Å²) in [4.78, 5) is 4.18. The number of aromatic nitrogens is 1. The van der Waals surface area contributed by atoms with Gasteiger partial charge in [0, 0.05) is 17.9 Å². The van der Waals surface area contributed by atoms with Crippen molar-refractivity contribution in [2.24, 2.45) is 0 Å². The lowest BCUT2D eigenvalue weighted by Crippen LogP contribution is -2.36. The number of hydrogen-bond acceptors (Lipinski definition) is 2. The second kappa shape index (κ2) is 5.97. The zero-order valence-electron chi connectivity index (χ0n) is 11.7. The smallest absolute Gasteiger partial charge is 0.0345 e. The molecule has 1 N–H and O–H groups in total. The highest BCUT2D eigenvalue weighted by molar-refractivity contribution is 5.65. The first-order valence-corrected chi connectivity index (χ1v) is 6.23. The molecule has 1 aromatic heterocycles. The molecule has 0 aliphatic carbocycles. The van der Waals surface area contributed by atoms with Crippen LogP contribution < -0.4 is 5.32 Å². The number of nitrogens with one attached hydrogen (secondary N) is 1. The van der Waals surface area contributed by atoms with Crippen LogP contribution in [0.3, 0.4) is 0 Å². The molecule has 0 aromatic carbocycles. The van der Waals surface area contributed by atoms with Gasteiger partial charge >= 0.3 is 0 Å². The minimum absolute atomic E-state index is 0.200. The summed E-state index contributed by atoms with van der Waals surface area (Å²) >= 11 is 0. The van der Waals surface area contributed by atoms with Crippen LogP contribution in [0.5, 0.6) is 0 Å². The second-order valence-corrected chi connectivity index (χ2v) is 5.54. The van der Waals surface area contributed by atoms with E-state index in [0.29, 0.717) is 0 Å². The summed E-state index contributed by atoms with van der Waals surface area (Å²) in [6.07, 6.45) is 7.12. The Hall–Kier alpha value is -1.15.